The van der Waals surface area contributed by atoms with Gasteiger partial charge in [-0.05, 0) is 30.7 Å². The molecule has 118 valence electrons. The monoisotopic (exact) mass is 314 g/mol. The molecule has 0 atom stereocenters. The van der Waals surface area contributed by atoms with Gasteiger partial charge in [0.25, 0.3) is 0 Å². The van der Waals surface area contributed by atoms with Crippen LogP contribution < -0.4 is 0 Å². The molecule has 0 aliphatic carbocycles. The van der Waals surface area contributed by atoms with Gasteiger partial charge in [-0.1, -0.05) is 38.1 Å². The molecule has 0 aliphatic rings. The van der Waals surface area contributed by atoms with Crippen LogP contribution in [0.1, 0.15) is 19.4 Å². The molecule has 6 heteroatoms. The van der Waals surface area contributed by atoms with Crippen molar-refractivity contribution in [2.45, 2.75) is 20.8 Å². The summed E-state index contributed by atoms with van der Waals surface area (Å²) in [5.74, 6) is -0.773. The molecule has 0 N–H and O–H groups in total. The van der Waals surface area contributed by atoms with Crippen molar-refractivity contribution in [2.24, 2.45) is 0 Å². The Labute approximate surface area is 133 Å². The summed E-state index contributed by atoms with van der Waals surface area (Å²) in [5, 5.41) is 15.4. The molecule has 23 heavy (non-hydrogen) atoms. The zero-order chi connectivity index (χ0) is 16.8. The quantitative estimate of drug-likeness (QED) is 0.711. The summed E-state index contributed by atoms with van der Waals surface area (Å²) in [6, 6.07) is 10.7. The number of nitrogens with zero attached hydrogens (tertiary/aromatic N) is 4. The van der Waals surface area contributed by atoms with Crippen LogP contribution in [-0.2, 0) is 0 Å². The molecule has 0 amide bonds. The van der Waals surface area contributed by atoms with E-state index < -0.39 is 11.6 Å². The summed E-state index contributed by atoms with van der Waals surface area (Å²) in [6.07, 6.45) is 0. The van der Waals surface area contributed by atoms with Crippen LogP contribution in [0.25, 0.3) is 22.8 Å². The minimum Gasteiger partial charge on any atom is -0.206 e. The highest BCUT2D eigenvalue weighted by molar-refractivity contribution is 5.61. The highest BCUT2D eigenvalue weighted by Gasteiger charge is 2.14. The molecule has 4 nitrogen and oxygen atoms in total. The Balaban J connectivity index is 0.000000924. The van der Waals surface area contributed by atoms with Crippen LogP contribution in [0.2, 0.25) is 0 Å². The Morgan fingerprint density at radius 3 is 1.87 bits per heavy atom. The van der Waals surface area contributed by atoms with Gasteiger partial charge in [0.05, 0.1) is 11.1 Å². The second-order valence-corrected chi connectivity index (χ2v) is 4.46. The highest BCUT2D eigenvalue weighted by Crippen LogP contribution is 2.23. The van der Waals surface area contributed by atoms with Crippen molar-refractivity contribution in [3.05, 3.63) is 59.7 Å². The molecule has 3 aromatic rings. The van der Waals surface area contributed by atoms with Gasteiger partial charge in [0.1, 0.15) is 11.6 Å². The second kappa shape index (κ2) is 7.49. The summed E-state index contributed by atoms with van der Waals surface area (Å²) in [6.45, 7) is 5.74. The van der Waals surface area contributed by atoms with Crippen LogP contribution in [0.5, 0.6) is 0 Å². The maximum atomic E-state index is 13.8. The molecule has 3 rings (SSSR count). The summed E-state index contributed by atoms with van der Waals surface area (Å²) >= 11 is 0. The fourth-order valence-corrected chi connectivity index (χ4v) is 1.99. The molecule has 0 unspecified atom stereocenters. The third kappa shape index (κ3) is 3.53. The van der Waals surface area contributed by atoms with E-state index in [0.717, 1.165) is 0 Å². The largest absolute Gasteiger partial charge is 0.206 e. The van der Waals surface area contributed by atoms with Gasteiger partial charge in [0.15, 0.2) is 0 Å². The van der Waals surface area contributed by atoms with E-state index in [-0.39, 0.29) is 22.8 Å². The number of hydrogen-bond acceptors (Lipinski definition) is 4. The van der Waals surface area contributed by atoms with E-state index >= 15 is 0 Å². The Kier molecular flexibility index (Phi) is 5.41. The fraction of sp³-hybridized carbons (Fsp3) is 0.176. The molecular weight excluding hydrogens is 298 g/mol. The maximum Gasteiger partial charge on any atom is 0.206 e. The Bertz CT molecular complexity index is 769. The predicted octanol–water partition coefficient (Wildman–Crippen LogP) is 4.21. The topological polar surface area (TPSA) is 51.6 Å². The van der Waals surface area contributed by atoms with Gasteiger partial charge in [0, 0.05) is 0 Å². The third-order valence-corrected chi connectivity index (χ3v) is 3.04. The van der Waals surface area contributed by atoms with E-state index in [4.69, 9.17) is 0 Å². The maximum absolute atomic E-state index is 13.8. The number of aryl methyl sites for hydroxylation is 1. The summed E-state index contributed by atoms with van der Waals surface area (Å²) in [5.41, 5.74) is 1.13. The van der Waals surface area contributed by atoms with Crippen LogP contribution >= 0.6 is 0 Å². The van der Waals surface area contributed by atoms with Crippen molar-refractivity contribution in [3.8, 4) is 22.8 Å². The van der Waals surface area contributed by atoms with E-state index in [1.807, 2.05) is 13.8 Å². The van der Waals surface area contributed by atoms with Crippen LogP contribution in [0.15, 0.2) is 42.5 Å². The number of benzene rings is 2. The Morgan fingerprint density at radius 2 is 1.26 bits per heavy atom. The molecule has 0 saturated heterocycles. The van der Waals surface area contributed by atoms with Crippen molar-refractivity contribution in [3.63, 3.8) is 0 Å². The smallest absolute Gasteiger partial charge is 0.206 e. The lowest BCUT2D eigenvalue weighted by atomic mass is 10.1. The van der Waals surface area contributed by atoms with E-state index in [9.17, 15) is 8.78 Å². The molecule has 2 aromatic carbocycles. The minimum atomic E-state index is -0.462. The zero-order valence-electron chi connectivity index (χ0n) is 13.1. The van der Waals surface area contributed by atoms with Crippen molar-refractivity contribution >= 4 is 0 Å². The molecule has 0 aliphatic heterocycles. The molecule has 0 radical (unpaired) electrons. The fourth-order valence-electron chi connectivity index (χ4n) is 1.99. The highest BCUT2D eigenvalue weighted by atomic mass is 19.1. The molecular formula is C17H16F2N4. The van der Waals surface area contributed by atoms with Gasteiger partial charge in [-0.15, -0.1) is 20.4 Å². The lowest BCUT2D eigenvalue weighted by Crippen LogP contribution is -2.02. The number of aromatic nitrogens is 4. The Hall–Kier alpha value is -2.76. The van der Waals surface area contributed by atoms with Crippen molar-refractivity contribution in [1.29, 1.82) is 0 Å². The lowest BCUT2D eigenvalue weighted by molar-refractivity contribution is 0.624. The van der Waals surface area contributed by atoms with Gasteiger partial charge in [-0.2, -0.15) is 0 Å². The molecule has 0 bridgehead atoms. The van der Waals surface area contributed by atoms with Gasteiger partial charge in [0.2, 0.25) is 11.6 Å². The normalized spacial score (nSPS) is 9.96. The molecule has 0 fully saturated rings. The van der Waals surface area contributed by atoms with Crippen LogP contribution in [-0.4, -0.2) is 20.4 Å². The zero-order valence-corrected chi connectivity index (χ0v) is 13.1. The van der Waals surface area contributed by atoms with E-state index in [1.54, 1.807) is 31.2 Å². The first-order valence-electron chi connectivity index (χ1n) is 7.24. The van der Waals surface area contributed by atoms with Gasteiger partial charge in [-0.25, -0.2) is 8.78 Å². The minimum absolute atomic E-state index is 0.0610. The van der Waals surface area contributed by atoms with Crippen LogP contribution in [0, 0.1) is 18.6 Å². The lowest BCUT2D eigenvalue weighted by Gasteiger charge is -2.05. The first kappa shape index (κ1) is 16.6. The summed E-state index contributed by atoms with van der Waals surface area (Å²) in [4.78, 5) is 0. The summed E-state index contributed by atoms with van der Waals surface area (Å²) < 4.78 is 27.5. The first-order valence-corrected chi connectivity index (χ1v) is 7.24. The third-order valence-electron chi connectivity index (χ3n) is 3.04. The van der Waals surface area contributed by atoms with Crippen molar-refractivity contribution in [1.82, 2.24) is 20.4 Å². The predicted molar refractivity (Wildman–Crippen MR) is 84.5 cm³/mol. The van der Waals surface area contributed by atoms with Gasteiger partial charge in [-0.3, -0.25) is 0 Å². The molecule has 1 aromatic heterocycles. The second-order valence-electron chi connectivity index (χ2n) is 4.46. The molecule has 0 saturated carbocycles. The van der Waals surface area contributed by atoms with Gasteiger partial charge < -0.3 is 0 Å². The van der Waals surface area contributed by atoms with E-state index in [2.05, 4.69) is 20.4 Å². The number of halogens is 2. The van der Waals surface area contributed by atoms with E-state index in [1.165, 1.54) is 18.2 Å². The SMILES string of the molecule is CC.Cc1cccc(F)c1-c1nnc(-c2ccccc2F)nn1. The standard InChI is InChI=1S/C15H10F2N4.C2H6/c1-9-5-4-8-12(17)13(9)15-20-18-14(19-21-15)10-6-2-3-7-11(10)16;1-2/h2-8H,1H3;1-2H3. The summed E-state index contributed by atoms with van der Waals surface area (Å²) in [7, 11) is 0. The Morgan fingerprint density at radius 1 is 0.696 bits per heavy atom. The van der Waals surface area contributed by atoms with Crippen LogP contribution in [0.3, 0.4) is 0 Å². The van der Waals surface area contributed by atoms with E-state index in [0.29, 0.717) is 5.56 Å². The first-order chi connectivity index (χ1) is 11.2. The average molecular weight is 314 g/mol. The molecule has 1 heterocycles. The molecule has 0 spiro atoms. The average Bonchev–Trinajstić information content (AvgIpc) is 2.58. The van der Waals surface area contributed by atoms with Crippen LogP contribution in [0.4, 0.5) is 8.78 Å². The number of rotatable bonds is 2. The number of hydrogen-bond donors (Lipinski definition) is 0. The van der Waals surface area contributed by atoms with Crippen molar-refractivity contribution < 1.29 is 8.78 Å². The van der Waals surface area contributed by atoms with Crippen molar-refractivity contribution in [2.75, 3.05) is 0 Å². The van der Waals surface area contributed by atoms with Gasteiger partial charge >= 0.3 is 0 Å².